The molecule has 2 aliphatic rings. The van der Waals surface area contributed by atoms with Gasteiger partial charge < -0.3 is 24.4 Å². The molecule has 1 aromatic heterocycles. The minimum Gasteiger partial charge on any atom is -0.493 e. The quantitative estimate of drug-likeness (QED) is 0.529. The summed E-state index contributed by atoms with van der Waals surface area (Å²) in [6.45, 7) is 1.73. The van der Waals surface area contributed by atoms with Crippen molar-refractivity contribution in [3.63, 3.8) is 0 Å². The predicted molar refractivity (Wildman–Crippen MR) is 133 cm³/mol. The molecule has 0 fully saturated rings. The summed E-state index contributed by atoms with van der Waals surface area (Å²) in [5.41, 5.74) is 4.56. The highest BCUT2D eigenvalue weighted by Gasteiger charge is 2.27. The van der Waals surface area contributed by atoms with E-state index in [1.165, 1.54) is 0 Å². The van der Waals surface area contributed by atoms with Gasteiger partial charge in [-0.15, -0.1) is 0 Å². The molecule has 5 rings (SSSR count). The van der Waals surface area contributed by atoms with Gasteiger partial charge in [0.05, 0.1) is 39.3 Å². The third-order valence-electron chi connectivity index (χ3n) is 5.59. The van der Waals surface area contributed by atoms with Crippen molar-refractivity contribution in [2.75, 3.05) is 39.7 Å². The lowest BCUT2D eigenvalue weighted by atomic mass is 10.1. The number of rotatable bonds is 7. The van der Waals surface area contributed by atoms with E-state index in [0.717, 1.165) is 35.1 Å². The van der Waals surface area contributed by atoms with Crippen LogP contribution >= 0.6 is 11.8 Å². The van der Waals surface area contributed by atoms with E-state index in [4.69, 9.17) is 14.2 Å². The van der Waals surface area contributed by atoms with Gasteiger partial charge in [0.25, 0.3) is 5.91 Å². The zero-order chi connectivity index (χ0) is 23.7. The van der Waals surface area contributed by atoms with Crippen molar-refractivity contribution in [1.29, 1.82) is 0 Å². The molecule has 0 saturated carbocycles. The van der Waals surface area contributed by atoms with Crippen molar-refractivity contribution in [3.05, 3.63) is 59.1 Å². The SMILES string of the molecule is COc1cc(-c2cc(C(=O)Nc3ccc(C4=CSC5=NCCN45)cc3)[nH]n2)cc(OC)c1OC. The van der Waals surface area contributed by atoms with Gasteiger partial charge in [0.2, 0.25) is 5.75 Å². The van der Waals surface area contributed by atoms with Crippen molar-refractivity contribution in [2.24, 2.45) is 4.99 Å². The van der Waals surface area contributed by atoms with Crippen LogP contribution in [0.4, 0.5) is 5.69 Å². The number of amides is 1. The van der Waals surface area contributed by atoms with Crippen LogP contribution in [0.3, 0.4) is 0 Å². The van der Waals surface area contributed by atoms with Gasteiger partial charge in [-0.05, 0) is 35.9 Å². The molecule has 0 atom stereocenters. The third kappa shape index (κ3) is 3.96. The number of thioether (sulfide) groups is 1. The van der Waals surface area contributed by atoms with E-state index in [-0.39, 0.29) is 5.91 Å². The second kappa shape index (κ2) is 9.14. The topological polar surface area (TPSA) is 101 Å². The second-order valence-electron chi connectivity index (χ2n) is 7.55. The Morgan fingerprint density at radius 1 is 1.03 bits per heavy atom. The Kier molecular flexibility index (Phi) is 5.89. The number of carbonyl (C=O) groups excluding carboxylic acids is 1. The largest absolute Gasteiger partial charge is 0.493 e. The summed E-state index contributed by atoms with van der Waals surface area (Å²) in [6.07, 6.45) is 0. The van der Waals surface area contributed by atoms with E-state index in [1.54, 1.807) is 51.3 Å². The fourth-order valence-electron chi connectivity index (χ4n) is 3.88. The molecule has 34 heavy (non-hydrogen) atoms. The minimum atomic E-state index is -0.288. The number of benzene rings is 2. The molecule has 1 amide bonds. The first kappa shape index (κ1) is 21.9. The number of hydrogen-bond acceptors (Lipinski definition) is 8. The molecular formula is C24H23N5O4S. The predicted octanol–water partition coefficient (Wildman–Crippen LogP) is 4.07. The second-order valence-corrected chi connectivity index (χ2v) is 8.39. The molecule has 2 aromatic carbocycles. The molecule has 2 N–H and O–H groups in total. The summed E-state index contributed by atoms with van der Waals surface area (Å²) in [4.78, 5) is 19.5. The number of anilines is 1. The van der Waals surface area contributed by atoms with Gasteiger partial charge in [-0.1, -0.05) is 23.9 Å². The van der Waals surface area contributed by atoms with E-state index in [9.17, 15) is 4.79 Å². The van der Waals surface area contributed by atoms with Gasteiger partial charge >= 0.3 is 0 Å². The Hall–Kier alpha value is -3.92. The Labute approximate surface area is 200 Å². The van der Waals surface area contributed by atoms with E-state index < -0.39 is 0 Å². The number of fused-ring (bicyclic) bond motifs is 1. The number of amidine groups is 1. The number of aromatic amines is 1. The monoisotopic (exact) mass is 477 g/mol. The van der Waals surface area contributed by atoms with Gasteiger partial charge in [0.15, 0.2) is 16.7 Å². The highest BCUT2D eigenvalue weighted by Crippen LogP contribution is 2.41. The van der Waals surface area contributed by atoms with Crippen molar-refractivity contribution in [2.45, 2.75) is 0 Å². The van der Waals surface area contributed by atoms with Crippen LogP contribution in [0.1, 0.15) is 16.1 Å². The van der Waals surface area contributed by atoms with E-state index in [0.29, 0.717) is 34.3 Å². The first-order chi connectivity index (χ1) is 16.6. The molecule has 0 aliphatic carbocycles. The number of carbonyl (C=O) groups is 1. The number of hydrogen-bond donors (Lipinski definition) is 2. The smallest absolute Gasteiger partial charge is 0.273 e. The lowest BCUT2D eigenvalue weighted by molar-refractivity contribution is 0.102. The molecule has 0 spiro atoms. The highest BCUT2D eigenvalue weighted by molar-refractivity contribution is 8.16. The molecule has 0 bridgehead atoms. The Morgan fingerprint density at radius 3 is 2.44 bits per heavy atom. The number of H-pyrrole nitrogens is 1. The lowest BCUT2D eigenvalue weighted by Gasteiger charge is -2.16. The maximum atomic E-state index is 12.8. The normalized spacial score (nSPS) is 14.4. The Bertz CT molecular complexity index is 1270. The van der Waals surface area contributed by atoms with Gasteiger partial charge in [-0.25, -0.2) is 0 Å². The molecule has 3 aromatic rings. The summed E-state index contributed by atoms with van der Waals surface area (Å²) in [5, 5.41) is 13.2. The number of nitrogens with one attached hydrogen (secondary N) is 2. The molecular weight excluding hydrogens is 454 g/mol. The Morgan fingerprint density at radius 2 is 1.76 bits per heavy atom. The maximum absolute atomic E-state index is 12.8. The third-order valence-corrected chi connectivity index (χ3v) is 6.49. The molecule has 9 nitrogen and oxygen atoms in total. The fourth-order valence-corrected chi connectivity index (χ4v) is 4.85. The van der Waals surface area contributed by atoms with Crippen LogP contribution in [0, 0.1) is 0 Å². The summed E-state index contributed by atoms with van der Waals surface area (Å²) in [5.74, 6) is 1.22. The molecule has 174 valence electrons. The van der Waals surface area contributed by atoms with Gasteiger partial charge in [-0.3, -0.25) is 14.9 Å². The number of aromatic nitrogens is 2. The highest BCUT2D eigenvalue weighted by atomic mass is 32.2. The fraction of sp³-hybridized carbons (Fsp3) is 0.208. The average molecular weight is 478 g/mol. The van der Waals surface area contributed by atoms with Gasteiger partial charge in [-0.2, -0.15) is 5.10 Å². The van der Waals surface area contributed by atoms with Crippen molar-refractivity contribution in [3.8, 4) is 28.5 Å². The van der Waals surface area contributed by atoms with Crippen LogP contribution in [0.15, 0.2) is 52.9 Å². The van der Waals surface area contributed by atoms with Crippen molar-refractivity contribution >= 4 is 34.2 Å². The van der Waals surface area contributed by atoms with Crippen LogP contribution in [0.2, 0.25) is 0 Å². The Balaban J connectivity index is 1.31. The summed E-state index contributed by atoms with van der Waals surface area (Å²) < 4.78 is 16.2. The van der Waals surface area contributed by atoms with Crippen LogP contribution < -0.4 is 19.5 Å². The summed E-state index contributed by atoms with van der Waals surface area (Å²) in [6, 6.07) is 13.0. The minimum absolute atomic E-state index is 0.288. The van der Waals surface area contributed by atoms with Crippen LogP contribution in [-0.2, 0) is 0 Å². The van der Waals surface area contributed by atoms with Crippen LogP contribution in [-0.4, -0.2) is 60.6 Å². The summed E-state index contributed by atoms with van der Waals surface area (Å²) >= 11 is 1.65. The summed E-state index contributed by atoms with van der Waals surface area (Å²) in [7, 11) is 4.65. The van der Waals surface area contributed by atoms with Crippen LogP contribution in [0.5, 0.6) is 17.2 Å². The number of ether oxygens (including phenoxy) is 3. The average Bonchev–Trinajstić information content (AvgIpc) is 3.61. The van der Waals surface area contributed by atoms with Gasteiger partial charge in [0.1, 0.15) is 5.69 Å². The zero-order valence-corrected chi connectivity index (χ0v) is 19.7. The molecule has 0 saturated heterocycles. The lowest BCUT2D eigenvalue weighted by Crippen LogP contribution is -2.19. The van der Waals surface area contributed by atoms with E-state index in [2.05, 4.69) is 30.8 Å². The molecule has 2 aliphatic heterocycles. The van der Waals surface area contributed by atoms with Gasteiger partial charge in [0, 0.05) is 23.2 Å². The molecule has 0 unspecified atom stereocenters. The number of methoxy groups -OCH3 is 3. The standard InChI is InChI=1S/C24H23N5O4S/c1-31-20-10-15(11-21(32-2)22(20)33-3)17-12-18(28-27-17)23(30)26-16-6-4-14(5-7-16)19-13-34-24-25-8-9-29(19)24/h4-7,10-13H,8-9H2,1-3H3,(H,26,30)(H,27,28). The number of nitrogens with zero attached hydrogens (tertiary/aromatic N) is 3. The van der Waals surface area contributed by atoms with Crippen molar-refractivity contribution in [1.82, 2.24) is 15.1 Å². The molecule has 3 heterocycles. The van der Waals surface area contributed by atoms with Crippen LogP contribution in [0.25, 0.3) is 17.0 Å². The maximum Gasteiger partial charge on any atom is 0.273 e. The van der Waals surface area contributed by atoms with E-state index in [1.807, 2.05) is 24.3 Å². The first-order valence-electron chi connectivity index (χ1n) is 10.6. The first-order valence-corrected chi connectivity index (χ1v) is 11.5. The molecule has 10 heteroatoms. The number of aliphatic imine (C=N–C) groups is 1. The molecule has 0 radical (unpaired) electrons. The van der Waals surface area contributed by atoms with Crippen molar-refractivity contribution < 1.29 is 19.0 Å². The van der Waals surface area contributed by atoms with E-state index >= 15 is 0 Å². The zero-order valence-electron chi connectivity index (χ0n) is 18.9.